The number of unbranched alkanes of at least 4 members (excludes halogenated alkanes) is 2. The van der Waals surface area contributed by atoms with Crippen LogP contribution in [0.1, 0.15) is 77.2 Å². The molecular weight excluding hydrogens is 518 g/mol. The van der Waals surface area contributed by atoms with Crippen LogP contribution in [0.4, 0.5) is 0 Å². The highest BCUT2D eigenvalue weighted by Crippen LogP contribution is 2.50. The lowest BCUT2D eigenvalue weighted by molar-refractivity contribution is -0.141. The highest BCUT2D eigenvalue weighted by Gasteiger charge is 2.56. The minimum absolute atomic E-state index is 0.0442. The average molecular weight is 560 g/mol. The Labute approximate surface area is 241 Å². The van der Waals surface area contributed by atoms with E-state index < -0.39 is 5.97 Å². The Hall–Kier alpha value is -3.45. The number of carboxylic acid groups (broad SMARTS) is 1. The van der Waals surface area contributed by atoms with E-state index in [9.17, 15) is 19.5 Å². The van der Waals surface area contributed by atoms with E-state index in [1.165, 1.54) is 21.6 Å². The Balaban J connectivity index is 1.28. The minimum atomic E-state index is -0.818. The van der Waals surface area contributed by atoms with Gasteiger partial charge in [0.05, 0.1) is 24.5 Å². The van der Waals surface area contributed by atoms with Gasteiger partial charge in [0, 0.05) is 24.3 Å². The van der Waals surface area contributed by atoms with Crippen molar-refractivity contribution in [2.24, 2.45) is 17.8 Å². The fourth-order valence-corrected chi connectivity index (χ4v) is 7.14. The van der Waals surface area contributed by atoms with Gasteiger partial charge in [0.25, 0.3) is 0 Å². The van der Waals surface area contributed by atoms with Gasteiger partial charge >= 0.3 is 5.97 Å². The summed E-state index contributed by atoms with van der Waals surface area (Å²) in [6.07, 6.45) is 8.26. The molecule has 2 aromatic rings. The minimum Gasteiger partial charge on any atom is -0.507 e. The van der Waals surface area contributed by atoms with E-state index in [-0.39, 0.29) is 47.8 Å². The number of hydrogen-bond acceptors (Lipinski definition) is 5. The zero-order valence-electron chi connectivity index (χ0n) is 24.1. The molecule has 0 radical (unpaired) electrons. The second-order valence-corrected chi connectivity index (χ2v) is 11.6. The van der Waals surface area contributed by atoms with Gasteiger partial charge < -0.3 is 14.9 Å². The topological polar surface area (TPSA) is 104 Å². The van der Waals surface area contributed by atoms with E-state index in [2.05, 4.69) is 19.9 Å². The molecule has 3 aliphatic rings. The quantitative estimate of drug-likeness (QED) is 0.175. The monoisotopic (exact) mass is 559 g/mol. The lowest BCUT2D eigenvalue weighted by Gasteiger charge is -2.31. The molecule has 0 aromatic heterocycles. The molecule has 1 aliphatic carbocycles. The second-order valence-electron chi connectivity index (χ2n) is 11.6. The van der Waals surface area contributed by atoms with Gasteiger partial charge in [0.2, 0.25) is 11.8 Å². The van der Waals surface area contributed by atoms with E-state index in [0.717, 1.165) is 42.0 Å². The van der Waals surface area contributed by atoms with Crippen LogP contribution in [-0.4, -0.2) is 52.2 Å². The zero-order valence-corrected chi connectivity index (χ0v) is 24.1. The molecule has 41 heavy (non-hydrogen) atoms. The number of ether oxygens (including phenoxy) is 1. The number of nitrogens with zero attached hydrogens (tertiary/aromatic N) is 1. The number of aliphatic carboxylic acids is 1. The Bertz CT molecular complexity index is 1390. The molecule has 2 fully saturated rings. The van der Waals surface area contributed by atoms with E-state index in [1.807, 2.05) is 30.3 Å². The van der Waals surface area contributed by atoms with Crippen LogP contribution in [0.25, 0.3) is 16.8 Å². The predicted octanol–water partition coefficient (Wildman–Crippen LogP) is 6.49. The fraction of sp³-hybridized carbons (Fsp3) is 0.500. The number of hydrogen-bond donors (Lipinski definition) is 2. The Morgan fingerprint density at radius 2 is 1.78 bits per heavy atom. The van der Waals surface area contributed by atoms with E-state index in [1.54, 1.807) is 6.07 Å². The first-order valence-corrected chi connectivity index (χ1v) is 15.1. The maximum absolute atomic E-state index is 13.5. The number of aromatic hydroxyl groups is 1. The number of carbonyl (C=O) groups is 3. The number of phenolic OH excluding ortho intramolecular Hbond substituents is 1. The number of fused-ring (bicyclic) bond motifs is 4. The number of carboxylic acids is 1. The molecule has 0 saturated carbocycles. The van der Waals surface area contributed by atoms with Gasteiger partial charge in [0.1, 0.15) is 5.75 Å². The Kier molecular flexibility index (Phi) is 8.93. The Morgan fingerprint density at radius 1 is 1.00 bits per heavy atom. The van der Waals surface area contributed by atoms with Crippen molar-refractivity contribution in [1.29, 1.82) is 0 Å². The summed E-state index contributed by atoms with van der Waals surface area (Å²) in [6, 6.07) is 11.6. The van der Waals surface area contributed by atoms with E-state index >= 15 is 0 Å². The summed E-state index contributed by atoms with van der Waals surface area (Å²) in [5, 5.41) is 21.0. The largest absolute Gasteiger partial charge is 0.507 e. The molecule has 2 aliphatic heterocycles. The molecule has 5 rings (SSSR count). The summed E-state index contributed by atoms with van der Waals surface area (Å²) in [5.41, 5.74) is 4.92. The lowest BCUT2D eigenvalue weighted by Crippen LogP contribution is -2.34. The molecule has 2 N–H and O–H groups in total. The highest BCUT2D eigenvalue weighted by molar-refractivity contribution is 6.06. The van der Waals surface area contributed by atoms with Crippen molar-refractivity contribution in [1.82, 2.24) is 4.90 Å². The van der Waals surface area contributed by atoms with E-state index in [0.29, 0.717) is 38.8 Å². The summed E-state index contributed by atoms with van der Waals surface area (Å²) in [4.78, 5) is 39.1. The standard InChI is InChI=1S/C34H41NO6/c1-3-21(18-23-14-15-28(36)25-11-8-7-10-24(23)25)13-16-29-31-22(4-2)19-26-32(27(31)20-41-29)34(40)35(33(26)39)17-9-5-6-12-30(37)38/h7-8,10-11,14-15,18,26-27,29,32,36H,3-6,9,12-13,16-17,19-20H2,1-2H3,(H,37,38)/b21-18+/t26-,27+,29-,32-/m1/s1. The summed E-state index contributed by atoms with van der Waals surface area (Å²) in [7, 11) is 0. The number of allylic oxidation sites excluding steroid dienone is 2. The molecule has 4 atom stereocenters. The van der Waals surface area contributed by atoms with Crippen LogP contribution in [0, 0.1) is 17.8 Å². The summed E-state index contributed by atoms with van der Waals surface area (Å²) >= 11 is 0. The lowest BCUT2D eigenvalue weighted by atomic mass is 9.69. The van der Waals surface area contributed by atoms with Crippen LogP contribution in [0.15, 0.2) is 53.1 Å². The van der Waals surface area contributed by atoms with Crippen molar-refractivity contribution in [2.45, 2.75) is 77.7 Å². The molecule has 7 nitrogen and oxygen atoms in total. The maximum atomic E-state index is 13.5. The van der Waals surface area contributed by atoms with Crippen molar-refractivity contribution < 1.29 is 29.3 Å². The number of carbonyl (C=O) groups excluding carboxylic acids is 2. The van der Waals surface area contributed by atoms with Gasteiger partial charge in [-0.15, -0.1) is 0 Å². The van der Waals surface area contributed by atoms with Gasteiger partial charge in [0.15, 0.2) is 0 Å². The van der Waals surface area contributed by atoms with Crippen LogP contribution < -0.4 is 0 Å². The number of likely N-dealkylation sites (tertiary alicyclic amines) is 1. The van der Waals surface area contributed by atoms with E-state index in [4.69, 9.17) is 9.84 Å². The number of imide groups is 1. The fourth-order valence-electron chi connectivity index (χ4n) is 7.14. The predicted molar refractivity (Wildman–Crippen MR) is 158 cm³/mol. The molecule has 2 amide bonds. The molecule has 0 spiro atoms. The molecule has 218 valence electrons. The first kappa shape index (κ1) is 29.1. The summed E-state index contributed by atoms with van der Waals surface area (Å²) < 4.78 is 6.37. The van der Waals surface area contributed by atoms with Gasteiger partial charge in [-0.3, -0.25) is 19.3 Å². The van der Waals surface area contributed by atoms with Crippen LogP contribution >= 0.6 is 0 Å². The summed E-state index contributed by atoms with van der Waals surface area (Å²) in [5.74, 6) is -1.37. The third-order valence-electron chi connectivity index (χ3n) is 9.27. The Morgan fingerprint density at radius 3 is 2.51 bits per heavy atom. The van der Waals surface area contributed by atoms with Crippen LogP contribution in [-0.2, 0) is 19.1 Å². The van der Waals surface area contributed by atoms with Gasteiger partial charge in [-0.25, -0.2) is 0 Å². The van der Waals surface area contributed by atoms with Gasteiger partial charge in [-0.1, -0.05) is 67.8 Å². The van der Waals surface area contributed by atoms with Crippen LogP contribution in [0.3, 0.4) is 0 Å². The van der Waals surface area contributed by atoms with Crippen molar-refractivity contribution in [2.75, 3.05) is 13.2 Å². The van der Waals surface area contributed by atoms with Crippen molar-refractivity contribution in [3.8, 4) is 5.75 Å². The van der Waals surface area contributed by atoms with Gasteiger partial charge in [-0.2, -0.15) is 0 Å². The zero-order chi connectivity index (χ0) is 29.1. The molecule has 7 heteroatoms. The van der Waals surface area contributed by atoms with Crippen LogP contribution in [0.2, 0.25) is 0 Å². The number of rotatable bonds is 12. The first-order chi connectivity index (χ1) is 19.8. The number of amides is 2. The molecule has 2 aromatic carbocycles. The number of benzene rings is 2. The van der Waals surface area contributed by atoms with Crippen molar-refractivity contribution in [3.05, 3.63) is 58.7 Å². The van der Waals surface area contributed by atoms with Crippen molar-refractivity contribution >= 4 is 34.6 Å². The smallest absolute Gasteiger partial charge is 0.303 e. The number of phenols is 1. The molecular formula is C34H41NO6. The first-order valence-electron chi connectivity index (χ1n) is 15.1. The molecule has 0 bridgehead atoms. The normalized spacial score (nSPS) is 24.3. The second kappa shape index (κ2) is 12.6. The molecule has 2 heterocycles. The molecule has 2 saturated heterocycles. The highest BCUT2D eigenvalue weighted by atomic mass is 16.5. The third kappa shape index (κ3) is 5.82. The van der Waals surface area contributed by atoms with Gasteiger partial charge in [-0.05, 0) is 67.5 Å². The summed E-state index contributed by atoms with van der Waals surface area (Å²) in [6.45, 7) is 5.14. The maximum Gasteiger partial charge on any atom is 0.303 e. The van der Waals surface area contributed by atoms with Crippen LogP contribution in [0.5, 0.6) is 5.75 Å². The third-order valence-corrected chi connectivity index (χ3v) is 9.27. The SMILES string of the molecule is CCC1=C2[C@@H](CC/C(=C/c3ccc(O)c4ccccc34)CC)OC[C@@H]2[C@@H]2C(=O)N(CCCCCC(=O)O)C(=O)[C@@H]2C1. The molecule has 0 unspecified atom stereocenters. The van der Waals surface area contributed by atoms with Crippen molar-refractivity contribution in [3.63, 3.8) is 0 Å². The average Bonchev–Trinajstić information content (AvgIpc) is 3.50.